The molecule has 108 valence electrons. The SMILES string of the molecule is O=C(COc1cccc([N+](=O)[O-])c1)c1ccc(F)c(F)c1. The van der Waals surface area contributed by atoms with Crippen LogP contribution in [0.15, 0.2) is 42.5 Å². The first-order valence-corrected chi connectivity index (χ1v) is 5.83. The molecule has 5 nitrogen and oxygen atoms in total. The minimum Gasteiger partial charge on any atom is -0.485 e. The number of hydrogen-bond acceptors (Lipinski definition) is 4. The normalized spacial score (nSPS) is 10.2. The summed E-state index contributed by atoms with van der Waals surface area (Å²) >= 11 is 0. The van der Waals surface area contributed by atoms with Crippen molar-refractivity contribution >= 4 is 11.5 Å². The molecule has 0 heterocycles. The van der Waals surface area contributed by atoms with Crippen LogP contribution in [-0.2, 0) is 0 Å². The monoisotopic (exact) mass is 293 g/mol. The molecule has 0 saturated heterocycles. The van der Waals surface area contributed by atoms with Gasteiger partial charge in [-0.3, -0.25) is 14.9 Å². The summed E-state index contributed by atoms with van der Waals surface area (Å²) in [5.41, 5.74) is -0.216. The number of non-ortho nitro benzene ring substituents is 1. The highest BCUT2D eigenvalue weighted by Gasteiger charge is 2.12. The summed E-state index contributed by atoms with van der Waals surface area (Å²) in [6.45, 7) is -0.438. The third-order valence-electron chi connectivity index (χ3n) is 2.64. The molecule has 7 heteroatoms. The van der Waals surface area contributed by atoms with E-state index in [2.05, 4.69) is 0 Å². The summed E-state index contributed by atoms with van der Waals surface area (Å²) < 4.78 is 30.9. The molecule has 0 radical (unpaired) electrons. The first-order chi connectivity index (χ1) is 9.97. The Kier molecular flexibility index (Phi) is 4.22. The van der Waals surface area contributed by atoms with Crippen molar-refractivity contribution in [1.29, 1.82) is 0 Å². The minimum absolute atomic E-state index is 0.0423. The Bertz CT molecular complexity index is 703. The number of ether oxygens (including phenoxy) is 1. The Hall–Kier alpha value is -2.83. The Balaban J connectivity index is 2.05. The molecule has 0 spiro atoms. The summed E-state index contributed by atoms with van der Waals surface area (Å²) in [6.07, 6.45) is 0. The zero-order valence-corrected chi connectivity index (χ0v) is 10.6. The highest BCUT2D eigenvalue weighted by molar-refractivity contribution is 5.97. The molecule has 2 aromatic rings. The van der Waals surface area contributed by atoms with E-state index in [1.54, 1.807) is 0 Å². The van der Waals surface area contributed by atoms with Gasteiger partial charge in [-0.05, 0) is 24.3 Å². The van der Waals surface area contributed by atoms with Crippen LogP contribution >= 0.6 is 0 Å². The molecule has 0 saturated carbocycles. The molecule has 0 aromatic heterocycles. The number of halogens is 2. The van der Waals surface area contributed by atoms with Crippen LogP contribution in [0.5, 0.6) is 5.75 Å². The van der Waals surface area contributed by atoms with Gasteiger partial charge in [-0.2, -0.15) is 0 Å². The molecular weight excluding hydrogens is 284 g/mol. The van der Waals surface area contributed by atoms with Crippen molar-refractivity contribution in [2.75, 3.05) is 6.61 Å². The molecule has 0 atom stereocenters. The fourth-order valence-electron chi connectivity index (χ4n) is 1.59. The lowest BCUT2D eigenvalue weighted by Crippen LogP contribution is -2.12. The first kappa shape index (κ1) is 14.6. The topological polar surface area (TPSA) is 69.4 Å². The zero-order valence-electron chi connectivity index (χ0n) is 10.6. The van der Waals surface area contributed by atoms with Crippen LogP contribution in [0.2, 0.25) is 0 Å². The van der Waals surface area contributed by atoms with Crippen molar-refractivity contribution in [2.45, 2.75) is 0 Å². The molecule has 0 fully saturated rings. The number of carbonyl (C=O) groups excluding carboxylic acids is 1. The van der Waals surface area contributed by atoms with Gasteiger partial charge in [0.25, 0.3) is 5.69 Å². The van der Waals surface area contributed by atoms with Gasteiger partial charge in [0.05, 0.1) is 11.0 Å². The van der Waals surface area contributed by atoms with Gasteiger partial charge in [0, 0.05) is 11.6 Å². The van der Waals surface area contributed by atoms with Crippen LogP contribution in [0.1, 0.15) is 10.4 Å². The fraction of sp³-hybridized carbons (Fsp3) is 0.0714. The maximum atomic E-state index is 13.0. The summed E-state index contributed by atoms with van der Waals surface area (Å²) in [6, 6.07) is 8.06. The van der Waals surface area contributed by atoms with Crippen molar-refractivity contribution in [2.24, 2.45) is 0 Å². The van der Waals surface area contributed by atoms with Crippen molar-refractivity contribution < 1.29 is 23.2 Å². The van der Waals surface area contributed by atoms with Crippen LogP contribution < -0.4 is 4.74 Å². The Morgan fingerprint density at radius 3 is 2.57 bits per heavy atom. The van der Waals surface area contributed by atoms with Crippen LogP contribution in [0.3, 0.4) is 0 Å². The fourth-order valence-corrected chi connectivity index (χ4v) is 1.59. The predicted molar refractivity (Wildman–Crippen MR) is 69.3 cm³/mol. The molecular formula is C14H9F2NO4. The number of rotatable bonds is 5. The number of ketones is 1. The van der Waals surface area contributed by atoms with E-state index in [0.717, 1.165) is 18.2 Å². The highest BCUT2D eigenvalue weighted by atomic mass is 19.2. The second-order valence-corrected chi connectivity index (χ2v) is 4.10. The summed E-state index contributed by atoms with van der Waals surface area (Å²) in [5.74, 6) is -2.61. The van der Waals surface area contributed by atoms with Crippen molar-refractivity contribution in [1.82, 2.24) is 0 Å². The lowest BCUT2D eigenvalue weighted by molar-refractivity contribution is -0.384. The quantitative estimate of drug-likeness (QED) is 0.482. The molecule has 0 amide bonds. The van der Waals surface area contributed by atoms with E-state index in [1.807, 2.05) is 0 Å². The molecule has 0 N–H and O–H groups in total. The van der Waals surface area contributed by atoms with Crippen LogP contribution in [0.4, 0.5) is 14.5 Å². The van der Waals surface area contributed by atoms with Crippen molar-refractivity contribution in [3.05, 3.63) is 69.8 Å². The maximum absolute atomic E-state index is 13.0. The molecule has 0 aliphatic carbocycles. The number of nitro groups is 1. The van der Waals surface area contributed by atoms with Gasteiger partial charge in [0.2, 0.25) is 0 Å². The van der Waals surface area contributed by atoms with Crippen LogP contribution in [0.25, 0.3) is 0 Å². The van der Waals surface area contributed by atoms with E-state index >= 15 is 0 Å². The largest absolute Gasteiger partial charge is 0.485 e. The predicted octanol–water partition coefficient (Wildman–Crippen LogP) is 3.13. The first-order valence-electron chi connectivity index (χ1n) is 5.83. The molecule has 0 bridgehead atoms. The van der Waals surface area contributed by atoms with Gasteiger partial charge >= 0.3 is 0 Å². The average molecular weight is 293 g/mol. The number of Topliss-reactive ketones (excluding diaryl/α,β-unsaturated/α-hetero) is 1. The van der Waals surface area contributed by atoms with Gasteiger partial charge in [0.1, 0.15) is 5.75 Å². The minimum atomic E-state index is -1.13. The van der Waals surface area contributed by atoms with E-state index in [1.165, 1.54) is 24.3 Å². The van der Waals surface area contributed by atoms with Gasteiger partial charge in [0.15, 0.2) is 24.0 Å². The van der Waals surface area contributed by atoms with Gasteiger partial charge in [-0.15, -0.1) is 0 Å². The third kappa shape index (κ3) is 3.59. The summed E-state index contributed by atoms with van der Waals surface area (Å²) in [7, 11) is 0. The number of nitro benzene ring substituents is 1. The number of benzene rings is 2. The van der Waals surface area contributed by atoms with Crippen LogP contribution in [-0.4, -0.2) is 17.3 Å². The number of carbonyl (C=O) groups is 1. The second kappa shape index (κ2) is 6.08. The van der Waals surface area contributed by atoms with Crippen molar-refractivity contribution in [3.63, 3.8) is 0 Å². The summed E-state index contributed by atoms with van der Waals surface area (Å²) in [5, 5.41) is 10.6. The van der Waals surface area contributed by atoms with E-state index in [-0.39, 0.29) is 17.0 Å². The molecule has 21 heavy (non-hydrogen) atoms. The van der Waals surface area contributed by atoms with Gasteiger partial charge < -0.3 is 4.74 Å². The molecule has 0 aliphatic heterocycles. The lowest BCUT2D eigenvalue weighted by Gasteiger charge is -2.05. The lowest BCUT2D eigenvalue weighted by atomic mass is 10.1. The third-order valence-corrected chi connectivity index (χ3v) is 2.64. The molecule has 2 rings (SSSR count). The van der Waals surface area contributed by atoms with Crippen molar-refractivity contribution in [3.8, 4) is 5.75 Å². The van der Waals surface area contributed by atoms with Gasteiger partial charge in [-0.1, -0.05) is 6.07 Å². The van der Waals surface area contributed by atoms with E-state index < -0.39 is 28.9 Å². The van der Waals surface area contributed by atoms with Crippen LogP contribution in [0, 0.1) is 21.7 Å². The summed E-state index contributed by atoms with van der Waals surface area (Å²) in [4.78, 5) is 21.7. The maximum Gasteiger partial charge on any atom is 0.273 e. The highest BCUT2D eigenvalue weighted by Crippen LogP contribution is 2.19. The van der Waals surface area contributed by atoms with E-state index in [4.69, 9.17) is 4.74 Å². The zero-order chi connectivity index (χ0) is 15.4. The molecule has 0 aliphatic rings. The Labute approximate surface area is 117 Å². The van der Waals surface area contributed by atoms with E-state index in [0.29, 0.717) is 0 Å². The van der Waals surface area contributed by atoms with Gasteiger partial charge in [-0.25, -0.2) is 8.78 Å². The smallest absolute Gasteiger partial charge is 0.273 e. The van der Waals surface area contributed by atoms with E-state index in [9.17, 15) is 23.7 Å². The standard InChI is InChI=1S/C14H9F2NO4/c15-12-5-4-9(6-13(12)16)14(18)8-21-11-3-1-2-10(7-11)17(19)20/h1-7H,8H2. The average Bonchev–Trinajstić information content (AvgIpc) is 2.48. The molecule has 2 aromatic carbocycles. The Morgan fingerprint density at radius 2 is 1.90 bits per heavy atom. The molecule has 0 unspecified atom stereocenters. The number of nitrogens with zero attached hydrogens (tertiary/aromatic N) is 1. The Morgan fingerprint density at radius 1 is 1.14 bits per heavy atom. The number of hydrogen-bond donors (Lipinski definition) is 0. The second-order valence-electron chi connectivity index (χ2n) is 4.10.